The summed E-state index contributed by atoms with van der Waals surface area (Å²) in [5.41, 5.74) is 14.0. The van der Waals surface area contributed by atoms with Crippen LogP contribution in [0.15, 0.2) is 133 Å². The van der Waals surface area contributed by atoms with Crippen molar-refractivity contribution in [2.75, 3.05) is 0 Å². The summed E-state index contributed by atoms with van der Waals surface area (Å²) in [5.74, 6) is 25.3. The summed E-state index contributed by atoms with van der Waals surface area (Å²) in [4.78, 5) is 60.2. The van der Waals surface area contributed by atoms with Gasteiger partial charge in [-0.05, 0) is 468 Å². The van der Waals surface area contributed by atoms with E-state index in [1.165, 1.54) is 274 Å². The molecule has 0 aromatic rings. The SMILES string of the molecule is C=CC(C)CCCC(C)[C@H]1CCC2C3=CCC4=CC(=O)CC[C@]4(C)C3CC[C@@]21C.C=CC(C)CCCC(C)[C@H]1CCC2C3=CCC4CC(=O)CC[C@]4(C)C3CC[C@@]21C.C=CC(C)CCCC(C)[C@H]1CCC2C3C=CC4=CC(=O)CC[C@]4(C)C3CC[C@@]21C.C=CC(C)CCCC(C)[C@H]1CCC2C3CCC4=CC(=O)CC[C@]4(C)C3CC[C@@]21C.CCC(C)CCCC(C)[C@H]1CCC2C3=CCC4CC(=O)CC[C@]4(C)C3CC[C@@]21C. The minimum Gasteiger partial charge on any atom is -0.300 e. The van der Waals surface area contributed by atoms with Gasteiger partial charge in [-0.2, -0.15) is 0 Å². The number of ketones is 5. The summed E-state index contributed by atoms with van der Waals surface area (Å²) < 4.78 is 0. The number of fused-ring (bicyclic) bond motifs is 25. The first kappa shape index (κ1) is 113. The average Bonchev–Trinajstić information content (AvgIpc) is 1.68. The number of hydrogen-bond acceptors (Lipinski definition) is 5. The molecule has 13 saturated carbocycles. The highest BCUT2D eigenvalue weighted by Gasteiger charge is 2.66. The van der Waals surface area contributed by atoms with Crippen LogP contribution in [0, 0.1) is 226 Å². The Bertz CT molecular complexity index is 4800. The molecule has 5 nitrogen and oxygen atoms in total. The van der Waals surface area contributed by atoms with Gasteiger partial charge in [0.25, 0.3) is 0 Å². The van der Waals surface area contributed by atoms with Crippen molar-refractivity contribution < 1.29 is 24.0 Å². The van der Waals surface area contributed by atoms with Crippen LogP contribution in [0.5, 0.6) is 0 Å². The smallest absolute Gasteiger partial charge is 0.156 e. The molecule has 24 unspecified atom stereocenters. The minimum absolute atomic E-state index is 0.235. The zero-order chi connectivity index (χ0) is 104. The summed E-state index contributed by atoms with van der Waals surface area (Å²) in [5, 5.41) is 0. The molecule has 808 valence electrons. The van der Waals surface area contributed by atoms with Gasteiger partial charge in [-0.3, -0.25) is 24.0 Å². The summed E-state index contributed by atoms with van der Waals surface area (Å²) in [6, 6.07) is 0. The third-order valence-corrected chi connectivity index (χ3v) is 51.4. The maximum absolute atomic E-state index is 12.1. The lowest BCUT2D eigenvalue weighted by Crippen LogP contribution is -2.50. The lowest BCUT2D eigenvalue weighted by Gasteiger charge is -2.58. The quantitative estimate of drug-likeness (QED) is 0.0669. The second kappa shape index (κ2) is 46.3. The Morgan fingerprint density at radius 1 is 0.317 bits per heavy atom. The minimum atomic E-state index is 0.235. The van der Waals surface area contributed by atoms with Gasteiger partial charge in [0.15, 0.2) is 17.3 Å². The fourth-order valence-electron chi connectivity index (χ4n) is 41.4. The van der Waals surface area contributed by atoms with E-state index >= 15 is 0 Å². The molecule has 0 aromatic carbocycles. The van der Waals surface area contributed by atoms with E-state index in [2.05, 4.69) is 232 Å². The Kier molecular flexibility index (Phi) is 36.1. The molecule has 0 radical (unpaired) electrons. The van der Waals surface area contributed by atoms with Gasteiger partial charge in [-0.25, -0.2) is 0 Å². The molecule has 5 heteroatoms. The molecule has 0 amide bonds. The number of carbonyl (C=O) groups excluding carboxylic acids is 5. The Morgan fingerprint density at radius 2 is 0.676 bits per heavy atom. The predicted octanol–water partition coefficient (Wildman–Crippen LogP) is 38.7. The molecule has 0 aromatic heterocycles. The van der Waals surface area contributed by atoms with E-state index in [9.17, 15) is 24.0 Å². The summed E-state index contributed by atoms with van der Waals surface area (Å²) in [6.45, 7) is 68.3. The van der Waals surface area contributed by atoms with Crippen molar-refractivity contribution in [3.8, 4) is 0 Å². The molecular formula is C140H218O5. The first-order valence-corrected chi connectivity index (χ1v) is 63.0. The highest BCUT2D eigenvalue weighted by atomic mass is 16.1. The van der Waals surface area contributed by atoms with Gasteiger partial charge in [0.2, 0.25) is 0 Å². The molecular weight excluding hydrogens is 1760 g/mol. The number of hydrogen-bond donors (Lipinski definition) is 0. The number of carbonyl (C=O) groups is 5. The van der Waals surface area contributed by atoms with E-state index in [4.69, 9.17) is 0 Å². The standard InChI is InChI=1S/C28H46O.2C28H44O.2C28H42O/c5*1-6-19(2)8-7-9-20(3)24-12-13-25-23-11-10-21-18-22(29)14-16-27(21,4)26(23)15-17-28(24,25)5/h11,19-21,24-26H,6-10,12-18H2,1-5H3;6,18-20,23-26H,1,7-17H2,2-5H3;6,11,19-21,24-26H,1,7-10,12-18H2,2-5H3;6,11,18-20,24-26H,1,7-10,12-17H2,2-5H3;6,10-11,18-20,23-26H,1,7-9,12-17H2,2-5H3/t19?,20?,21?,24-,25?,26?,27+,28-;19?,20?,23?,24-,25?,26?,27+,28-;19?,20?,21?,24-,25?,26?,27+,28-;19?,20?,24-,25?,26?,27+,28-;19?,20?,23?,24-,25?,26?,27+,28-/m11111/s1. The summed E-state index contributed by atoms with van der Waals surface area (Å²) in [7, 11) is 0. The second-order valence-corrected chi connectivity index (χ2v) is 58.7. The number of allylic oxidation sites excluding steroid dienone is 17. The molecule has 13 fully saturated rings. The van der Waals surface area contributed by atoms with Crippen molar-refractivity contribution in [1.29, 1.82) is 0 Å². The zero-order valence-electron chi connectivity index (χ0n) is 97.5. The fourth-order valence-corrected chi connectivity index (χ4v) is 41.4. The Hall–Kier alpha value is -4.51. The lowest BCUT2D eigenvalue weighted by atomic mass is 9.46. The largest absolute Gasteiger partial charge is 0.300 e. The van der Waals surface area contributed by atoms with Gasteiger partial charge in [0, 0.05) is 44.9 Å². The molecule has 0 aliphatic heterocycles. The molecule has 0 saturated heterocycles. The highest BCUT2D eigenvalue weighted by molar-refractivity contribution is 5.93. The van der Waals surface area contributed by atoms with Crippen molar-refractivity contribution in [3.63, 3.8) is 0 Å². The van der Waals surface area contributed by atoms with Crippen molar-refractivity contribution in [2.24, 2.45) is 226 Å². The second-order valence-electron chi connectivity index (χ2n) is 58.7. The lowest BCUT2D eigenvalue weighted by molar-refractivity contribution is -0.127. The molecule has 0 bridgehead atoms. The molecule has 0 spiro atoms. The molecule has 20 aliphatic carbocycles. The number of rotatable bonds is 30. The van der Waals surface area contributed by atoms with Crippen LogP contribution in [0.4, 0.5) is 0 Å². The third-order valence-electron chi connectivity index (χ3n) is 51.4. The monoisotopic (exact) mass is 1980 g/mol. The van der Waals surface area contributed by atoms with Gasteiger partial charge in [0.05, 0.1) is 0 Å². The van der Waals surface area contributed by atoms with Crippen molar-refractivity contribution >= 4 is 28.9 Å². The third kappa shape index (κ3) is 22.1. The van der Waals surface area contributed by atoms with E-state index in [1.54, 1.807) is 5.57 Å². The van der Waals surface area contributed by atoms with Crippen LogP contribution in [0.25, 0.3) is 0 Å². The molecule has 145 heavy (non-hydrogen) atoms. The molecule has 20 aliphatic rings. The van der Waals surface area contributed by atoms with Crippen LogP contribution >= 0.6 is 0 Å². The van der Waals surface area contributed by atoms with Crippen molar-refractivity contribution in [2.45, 2.75) is 486 Å². The van der Waals surface area contributed by atoms with Crippen LogP contribution in [0.1, 0.15) is 486 Å². The van der Waals surface area contributed by atoms with Crippen molar-refractivity contribution in [1.82, 2.24) is 0 Å². The average molecular weight is 1980 g/mol. The zero-order valence-corrected chi connectivity index (χ0v) is 97.5. The van der Waals surface area contributed by atoms with E-state index in [-0.39, 0.29) is 10.8 Å². The van der Waals surface area contributed by atoms with Gasteiger partial charge >= 0.3 is 0 Å². The Balaban J connectivity index is 0.000000130. The molecule has 20 rings (SSSR count). The molecule has 39 atom stereocenters. The van der Waals surface area contributed by atoms with Crippen LogP contribution in [0.2, 0.25) is 0 Å². The molecule has 0 heterocycles. The first-order chi connectivity index (χ1) is 69.0. The summed E-state index contributed by atoms with van der Waals surface area (Å²) in [6.07, 6.45) is 94.2. The Labute approximate surface area is 891 Å². The van der Waals surface area contributed by atoms with Crippen LogP contribution in [-0.2, 0) is 24.0 Å². The maximum atomic E-state index is 12.1. The van der Waals surface area contributed by atoms with Crippen LogP contribution < -0.4 is 0 Å². The highest BCUT2D eigenvalue weighted by Crippen LogP contribution is 2.74. The van der Waals surface area contributed by atoms with Gasteiger partial charge in [0.1, 0.15) is 11.6 Å². The van der Waals surface area contributed by atoms with Gasteiger partial charge in [-0.1, -0.05) is 305 Å². The maximum Gasteiger partial charge on any atom is 0.156 e. The van der Waals surface area contributed by atoms with E-state index in [1.807, 2.05) is 23.3 Å². The van der Waals surface area contributed by atoms with E-state index in [0.29, 0.717) is 114 Å². The van der Waals surface area contributed by atoms with Gasteiger partial charge in [-0.15, -0.1) is 26.3 Å². The van der Waals surface area contributed by atoms with Crippen LogP contribution in [-0.4, -0.2) is 28.9 Å². The number of Topliss-reactive ketones (excluding diaryl/α,β-unsaturated/α-hetero) is 2. The Morgan fingerprint density at radius 3 is 1.12 bits per heavy atom. The first-order valence-electron chi connectivity index (χ1n) is 63.0. The predicted molar refractivity (Wildman–Crippen MR) is 613 cm³/mol. The van der Waals surface area contributed by atoms with E-state index in [0.717, 1.165) is 214 Å². The van der Waals surface area contributed by atoms with E-state index < -0.39 is 0 Å². The van der Waals surface area contributed by atoms with Crippen molar-refractivity contribution in [3.05, 3.63) is 133 Å². The molecule has 0 N–H and O–H groups in total. The topological polar surface area (TPSA) is 85.3 Å². The fraction of sp³-hybridized carbons (Fsp3) is 0.807. The van der Waals surface area contributed by atoms with Gasteiger partial charge < -0.3 is 0 Å². The summed E-state index contributed by atoms with van der Waals surface area (Å²) >= 11 is 0. The normalized spacial score (nSPS) is 43.0. The van der Waals surface area contributed by atoms with Crippen LogP contribution in [0.3, 0.4) is 0 Å².